The van der Waals surface area contributed by atoms with E-state index in [1.807, 2.05) is 0 Å². The van der Waals surface area contributed by atoms with Crippen molar-refractivity contribution >= 4 is 10.9 Å². The van der Waals surface area contributed by atoms with E-state index in [-0.39, 0.29) is 0 Å². The molecule has 0 spiro atoms. The van der Waals surface area contributed by atoms with Gasteiger partial charge >= 0.3 is 0 Å². The van der Waals surface area contributed by atoms with E-state index in [1.54, 1.807) is 5.56 Å². The maximum atomic E-state index is 3.54. The van der Waals surface area contributed by atoms with Crippen molar-refractivity contribution in [2.24, 2.45) is 5.92 Å². The van der Waals surface area contributed by atoms with Gasteiger partial charge in [-0.05, 0) is 30.4 Å². The van der Waals surface area contributed by atoms with Crippen LogP contribution < -0.4 is 0 Å². The number of para-hydroxylation sites is 1. The van der Waals surface area contributed by atoms with Crippen LogP contribution in [0.2, 0.25) is 0 Å². The van der Waals surface area contributed by atoms with Gasteiger partial charge in [0, 0.05) is 16.6 Å². The zero-order valence-electron chi connectivity index (χ0n) is 8.51. The molecule has 3 rings (SSSR count). The second-order valence-electron chi connectivity index (χ2n) is 4.31. The molecule has 72 valence electrons. The largest absolute Gasteiger partial charge is 0.358 e. The van der Waals surface area contributed by atoms with Crippen LogP contribution in [0.15, 0.2) is 24.3 Å². The lowest BCUT2D eigenvalue weighted by atomic mass is 10.0. The second kappa shape index (κ2) is 2.88. The minimum Gasteiger partial charge on any atom is -0.358 e. The van der Waals surface area contributed by atoms with Crippen molar-refractivity contribution in [3.8, 4) is 0 Å². The molecule has 1 atom stereocenters. The standard InChI is InChI=1S/C13H15N/c1-2-9-7-11-10-5-3-4-6-12(10)14-13(11)8-9/h3-6,9,14H,2,7-8H2,1H3. The van der Waals surface area contributed by atoms with Crippen molar-refractivity contribution in [3.63, 3.8) is 0 Å². The van der Waals surface area contributed by atoms with Gasteiger partial charge in [-0.15, -0.1) is 0 Å². The van der Waals surface area contributed by atoms with Crippen molar-refractivity contribution in [1.29, 1.82) is 0 Å². The Hall–Kier alpha value is -1.24. The maximum Gasteiger partial charge on any atom is 0.0458 e. The highest BCUT2D eigenvalue weighted by molar-refractivity contribution is 5.85. The molecule has 0 amide bonds. The van der Waals surface area contributed by atoms with E-state index in [4.69, 9.17) is 0 Å². The van der Waals surface area contributed by atoms with Crippen LogP contribution in [0.4, 0.5) is 0 Å². The number of aromatic nitrogens is 1. The van der Waals surface area contributed by atoms with Crippen LogP contribution in [-0.4, -0.2) is 4.98 Å². The van der Waals surface area contributed by atoms with Crippen molar-refractivity contribution in [1.82, 2.24) is 4.98 Å². The molecule has 0 aliphatic heterocycles. The SMILES string of the molecule is CCC1Cc2[nH]c3ccccc3c2C1. The van der Waals surface area contributed by atoms with Gasteiger partial charge in [0.2, 0.25) is 0 Å². The highest BCUT2D eigenvalue weighted by Crippen LogP contribution is 2.33. The van der Waals surface area contributed by atoms with Crippen molar-refractivity contribution < 1.29 is 0 Å². The Balaban J connectivity index is 2.16. The fourth-order valence-corrected chi connectivity index (χ4v) is 2.60. The Bertz CT molecular complexity index is 467. The Morgan fingerprint density at radius 2 is 2.14 bits per heavy atom. The topological polar surface area (TPSA) is 15.8 Å². The molecule has 1 unspecified atom stereocenters. The first-order chi connectivity index (χ1) is 6.88. The van der Waals surface area contributed by atoms with E-state index < -0.39 is 0 Å². The van der Waals surface area contributed by atoms with Gasteiger partial charge in [-0.3, -0.25) is 0 Å². The van der Waals surface area contributed by atoms with Crippen molar-refractivity contribution in [3.05, 3.63) is 35.5 Å². The molecular weight excluding hydrogens is 170 g/mol. The average Bonchev–Trinajstić information content (AvgIpc) is 2.73. The summed E-state index contributed by atoms with van der Waals surface area (Å²) in [6.45, 7) is 2.29. The smallest absolute Gasteiger partial charge is 0.0458 e. The molecule has 1 aliphatic rings. The lowest BCUT2D eigenvalue weighted by Crippen LogP contribution is -1.97. The van der Waals surface area contributed by atoms with E-state index >= 15 is 0 Å². The summed E-state index contributed by atoms with van der Waals surface area (Å²) in [6.07, 6.45) is 3.83. The summed E-state index contributed by atoms with van der Waals surface area (Å²) in [5.74, 6) is 0.876. The number of fused-ring (bicyclic) bond motifs is 3. The van der Waals surface area contributed by atoms with Gasteiger partial charge in [-0.25, -0.2) is 0 Å². The Kier molecular flexibility index (Phi) is 1.66. The number of benzene rings is 1. The molecule has 1 heterocycles. The molecule has 0 saturated heterocycles. The molecule has 14 heavy (non-hydrogen) atoms. The van der Waals surface area contributed by atoms with Crippen LogP contribution >= 0.6 is 0 Å². The summed E-state index contributed by atoms with van der Waals surface area (Å²) >= 11 is 0. The van der Waals surface area contributed by atoms with Crippen LogP contribution in [0, 0.1) is 5.92 Å². The van der Waals surface area contributed by atoms with Gasteiger partial charge in [0.1, 0.15) is 0 Å². The zero-order chi connectivity index (χ0) is 9.54. The fourth-order valence-electron chi connectivity index (χ4n) is 2.60. The number of hydrogen-bond acceptors (Lipinski definition) is 0. The van der Waals surface area contributed by atoms with Gasteiger partial charge in [-0.2, -0.15) is 0 Å². The summed E-state index contributed by atoms with van der Waals surface area (Å²) in [7, 11) is 0. The molecule has 1 aromatic heterocycles. The number of H-pyrrole nitrogens is 1. The number of aromatic amines is 1. The minimum absolute atomic E-state index is 0.876. The highest BCUT2D eigenvalue weighted by atomic mass is 14.7. The molecule has 1 heteroatoms. The summed E-state index contributed by atoms with van der Waals surface area (Å²) in [4.78, 5) is 3.54. The van der Waals surface area contributed by atoms with Crippen molar-refractivity contribution in [2.75, 3.05) is 0 Å². The third-order valence-corrected chi connectivity index (χ3v) is 3.46. The lowest BCUT2D eigenvalue weighted by molar-refractivity contribution is 0.540. The maximum absolute atomic E-state index is 3.54. The summed E-state index contributed by atoms with van der Waals surface area (Å²) in [5.41, 5.74) is 4.37. The molecule has 1 aromatic carbocycles. The first-order valence-electron chi connectivity index (χ1n) is 5.47. The van der Waals surface area contributed by atoms with Crippen LogP contribution in [-0.2, 0) is 12.8 Å². The van der Waals surface area contributed by atoms with Gasteiger partial charge in [0.05, 0.1) is 0 Å². The van der Waals surface area contributed by atoms with Crippen LogP contribution in [0.3, 0.4) is 0 Å². The first-order valence-corrected chi connectivity index (χ1v) is 5.47. The monoisotopic (exact) mass is 185 g/mol. The number of nitrogens with one attached hydrogen (secondary N) is 1. The highest BCUT2D eigenvalue weighted by Gasteiger charge is 2.23. The fraction of sp³-hybridized carbons (Fsp3) is 0.385. The first kappa shape index (κ1) is 8.10. The molecule has 0 radical (unpaired) electrons. The third-order valence-electron chi connectivity index (χ3n) is 3.46. The molecular formula is C13H15N. The molecule has 0 fully saturated rings. The van der Waals surface area contributed by atoms with Crippen molar-refractivity contribution in [2.45, 2.75) is 26.2 Å². The van der Waals surface area contributed by atoms with Gasteiger partial charge in [0.15, 0.2) is 0 Å². The normalized spacial score (nSPS) is 20.2. The van der Waals surface area contributed by atoms with Gasteiger partial charge in [-0.1, -0.05) is 31.5 Å². The average molecular weight is 185 g/mol. The Morgan fingerprint density at radius 1 is 1.29 bits per heavy atom. The molecule has 0 saturated carbocycles. The molecule has 1 nitrogen and oxygen atoms in total. The minimum atomic E-state index is 0.876. The van der Waals surface area contributed by atoms with Crippen LogP contribution in [0.5, 0.6) is 0 Å². The lowest BCUT2D eigenvalue weighted by Gasteiger charge is -2.03. The quantitative estimate of drug-likeness (QED) is 0.701. The Morgan fingerprint density at radius 3 is 3.00 bits per heavy atom. The predicted molar refractivity (Wildman–Crippen MR) is 59.5 cm³/mol. The molecule has 2 aromatic rings. The number of hydrogen-bond donors (Lipinski definition) is 1. The van der Waals surface area contributed by atoms with E-state index in [0.717, 1.165) is 5.92 Å². The molecule has 0 bridgehead atoms. The zero-order valence-corrected chi connectivity index (χ0v) is 8.51. The molecule has 1 N–H and O–H groups in total. The second-order valence-corrected chi connectivity index (χ2v) is 4.31. The van der Waals surface area contributed by atoms with Gasteiger partial charge < -0.3 is 4.98 Å². The van der Waals surface area contributed by atoms with E-state index in [2.05, 4.69) is 36.2 Å². The Labute approximate surface area is 84.1 Å². The van der Waals surface area contributed by atoms with Crippen LogP contribution in [0.1, 0.15) is 24.6 Å². The summed E-state index contributed by atoms with van der Waals surface area (Å²) in [6, 6.07) is 8.65. The van der Waals surface area contributed by atoms with Crippen LogP contribution in [0.25, 0.3) is 10.9 Å². The molecule has 1 aliphatic carbocycles. The van der Waals surface area contributed by atoms with E-state index in [9.17, 15) is 0 Å². The number of rotatable bonds is 1. The summed E-state index contributed by atoms with van der Waals surface area (Å²) in [5, 5.41) is 1.44. The third kappa shape index (κ3) is 1.02. The van der Waals surface area contributed by atoms with E-state index in [0.29, 0.717) is 0 Å². The van der Waals surface area contributed by atoms with Gasteiger partial charge in [0.25, 0.3) is 0 Å². The summed E-state index contributed by atoms with van der Waals surface area (Å²) < 4.78 is 0. The van der Waals surface area contributed by atoms with E-state index in [1.165, 1.54) is 35.9 Å². The predicted octanol–water partition coefficient (Wildman–Crippen LogP) is 3.29.